The number of sulfonamides is 1. The third-order valence-corrected chi connectivity index (χ3v) is 7.12. The van der Waals surface area contributed by atoms with Crippen LogP contribution in [0.5, 0.6) is 0 Å². The first-order valence-electron chi connectivity index (χ1n) is 8.58. The minimum absolute atomic E-state index is 0.476. The van der Waals surface area contributed by atoms with Gasteiger partial charge in [-0.15, -0.1) is 0 Å². The molecule has 0 saturated carbocycles. The van der Waals surface area contributed by atoms with Crippen molar-refractivity contribution in [2.45, 2.75) is 37.9 Å². The molecule has 2 saturated heterocycles. The van der Waals surface area contributed by atoms with Gasteiger partial charge in [0.2, 0.25) is 10.0 Å². The summed E-state index contributed by atoms with van der Waals surface area (Å²) in [6.07, 6.45) is 5.70. The van der Waals surface area contributed by atoms with E-state index in [1.165, 1.54) is 24.9 Å². The highest BCUT2D eigenvalue weighted by atomic mass is 32.2. The van der Waals surface area contributed by atoms with Crippen molar-refractivity contribution in [3.8, 4) is 0 Å². The number of aliphatic imine (C=N–C) groups is 1. The van der Waals surface area contributed by atoms with Crippen LogP contribution in [0.2, 0.25) is 0 Å². The number of piperidine rings is 1. The quantitative estimate of drug-likeness (QED) is 0.547. The number of hydrogen-bond donors (Lipinski definition) is 2. The summed E-state index contributed by atoms with van der Waals surface area (Å²) in [4.78, 5) is 4.70. The molecule has 6 nitrogen and oxygen atoms in total. The van der Waals surface area contributed by atoms with Gasteiger partial charge in [-0.3, -0.25) is 4.99 Å². The molecule has 2 aliphatic heterocycles. The summed E-state index contributed by atoms with van der Waals surface area (Å²) in [5.41, 5.74) is 0. The Bertz CT molecular complexity index is 482. The summed E-state index contributed by atoms with van der Waals surface area (Å²) in [5.74, 6) is 2.65. The van der Waals surface area contributed by atoms with E-state index in [2.05, 4.69) is 17.6 Å². The average molecular weight is 363 g/mol. The summed E-state index contributed by atoms with van der Waals surface area (Å²) >= 11 is 2.04. The van der Waals surface area contributed by atoms with Crippen molar-refractivity contribution < 1.29 is 8.42 Å². The fraction of sp³-hybridized carbons (Fsp3) is 0.933. The average Bonchev–Trinajstić information content (AvgIpc) is 3.03. The largest absolute Gasteiger partial charge is 0.357 e. The number of rotatable bonds is 6. The molecule has 8 heteroatoms. The minimum atomic E-state index is -3.04. The summed E-state index contributed by atoms with van der Waals surface area (Å²) in [5, 5.41) is 7.45. The Morgan fingerprint density at radius 3 is 2.57 bits per heavy atom. The lowest BCUT2D eigenvalue weighted by Crippen LogP contribution is -2.41. The molecule has 1 atom stereocenters. The molecule has 2 N–H and O–H groups in total. The molecule has 2 heterocycles. The number of hydrogen-bond acceptors (Lipinski definition) is 4. The van der Waals surface area contributed by atoms with Crippen LogP contribution in [0.15, 0.2) is 4.99 Å². The Hall–Kier alpha value is -0.470. The van der Waals surface area contributed by atoms with Gasteiger partial charge in [0, 0.05) is 38.0 Å². The lowest BCUT2D eigenvalue weighted by atomic mass is 9.98. The number of thioether (sulfide) groups is 1. The van der Waals surface area contributed by atoms with Gasteiger partial charge in [0.25, 0.3) is 0 Å². The zero-order valence-electron chi connectivity index (χ0n) is 14.3. The maximum atomic E-state index is 11.5. The number of guanidine groups is 1. The molecule has 1 unspecified atom stereocenters. The molecule has 134 valence electrons. The molecule has 0 radical (unpaired) electrons. The van der Waals surface area contributed by atoms with E-state index >= 15 is 0 Å². The fourth-order valence-electron chi connectivity index (χ4n) is 3.00. The van der Waals surface area contributed by atoms with Crippen molar-refractivity contribution in [1.29, 1.82) is 0 Å². The van der Waals surface area contributed by atoms with Crippen molar-refractivity contribution >= 4 is 27.7 Å². The van der Waals surface area contributed by atoms with E-state index in [1.807, 2.05) is 11.8 Å². The third-order valence-electron chi connectivity index (χ3n) is 4.42. The molecule has 2 rings (SSSR count). The Morgan fingerprint density at radius 2 is 2.00 bits per heavy atom. The van der Waals surface area contributed by atoms with Crippen LogP contribution in [0.4, 0.5) is 0 Å². The highest BCUT2D eigenvalue weighted by Gasteiger charge is 2.24. The van der Waals surface area contributed by atoms with E-state index in [0.717, 1.165) is 38.4 Å². The molecule has 0 spiro atoms. The predicted octanol–water partition coefficient (Wildman–Crippen LogP) is 1.11. The highest BCUT2D eigenvalue weighted by Crippen LogP contribution is 2.25. The Balaban J connectivity index is 1.76. The monoisotopic (exact) mass is 362 g/mol. The highest BCUT2D eigenvalue weighted by molar-refractivity contribution is 8.00. The first-order chi connectivity index (χ1) is 11.0. The van der Waals surface area contributed by atoms with E-state index in [1.54, 1.807) is 4.31 Å². The van der Waals surface area contributed by atoms with E-state index in [4.69, 9.17) is 4.99 Å². The molecule has 0 aromatic heterocycles. The maximum Gasteiger partial charge on any atom is 0.211 e. The lowest BCUT2D eigenvalue weighted by Gasteiger charge is -2.29. The summed E-state index contributed by atoms with van der Waals surface area (Å²) in [6, 6.07) is 0. The predicted molar refractivity (Wildman–Crippen MR) is 98.6 cm³/mol. The van der Waals surface area contributed by atoms with Crippen LogP contribution < -0.4 is 10.6 Å². The van der Waals surface area contributed by atoms with Crippen LogP contribution in [0, 0.1) is 5.92 Å². The maximum absolute atomic E-state index is 11.5. The molecule has 0 amide bonds. The van der Waals surface area contributed by atoms with Gasteiger partial charge in [-0.2, -0.15) is 11.8 Å². The lowest BCUT2D eigenvalue weighted by molar-refractivity contribution is 0.280. The van der Waals surface area contributed by atoms with Crippen LogP contribution in [0.3, 0.4) is 0 Å². The van der Waals surface area contributed by atoms with Crippen LogP contribution in [-0.2, 0) is 10.0 Å². The second-order valence-corrected chi connectivity index (χ2v) is 9.73. The van der Waals surface area contributed by atoms with Gasteiger partial charge in [-0.25, -0.2) is 12.7 Å². The number of nitrogens with zero attached hydrogens (tertiary/aromatic N) is 2. The van der Waals surface area contributed by atoms with Gasteiger partial charge in [-0.1, -0.05) is 0 Å². The first kappa shape index (κ1) is 18.9. The molecular formula is C15H30N4O2S2. The number of nitrogens with one attached hydrogen (secondary N) is 2. The van der Waals surface area contributed by atoms with Crippen molar-refractivity contribution in [3.63, 3.8) is 0 Å². The standard InChI is InChI=1S/C15H30N4O2S2/c1-3-16-15(18-12-14-5-4-10-22-14)17-11-13-6-8-19(9-7-13)23(2,20)21/h13-14H,3-12H2,1-2H3,(H2,16,17,18). The van der Waals surface area contributed by atoms with Gasteiger partial charge in [0.1, 0.15) is 0 Å². The van der Waals surface area contributed by atoms with Crippen molar-refractivity contribution in [3.05, 3.63) is 0 Å². The van der Waals surface area contributed by atoms with Crippen LogP contribution in [-0.4, -0.2) is 68.7 Å². The SMILES string of the molecule is CCNC(=NCC1CCN(S(C)(=O)=O)CC1)NCC1CCCS1. The molecule has 2 fully saturated rings. The molecule has 23 heavy (non-hydrogen) atoms. The van der Waals surface area contributed by atoms with Crippen LogP contribution in [0.25, 0.3) is 0 Å². The summed E-state index contributed by atoms with van der Waals surface area (Å²) in [7, 11) is -3.04. The summed E-state index contributed by atoms with van der Waals surface area (Å²) in [6.45, 7) is 5.93. The zero-order valence-corrected chi connectivity index (χ0v) is 15.9. The second-order valence-electron chi connectivity index (χ2n) is 6.34. The van der Waals surface area contributed by atoms with E-state index in [-0.39, 0.29) is 0 Å². The van der Waals surface area contributed by atoms with Crippen molar-refractivity contribution in [2.24, 2.45) is 10.9 Å². The minimum Gasteiger partial charge on any atom is -0.357 e. The zero-order chi connectivity index (χ0) is 16.7. The Morgan fingerprint density at radius 1 is 1.26 bits per heavy atom. The second kappa shape index (κ2) is 9.13. The molecule has 0 bridgehead atoms. The Labute approximate surface area is 144 Å². The topological polar surface area (TPSA) is 73.8 Å². The van der Waals surface area contributed by atoms with Crippen LogP contribution >= 0.6 is 11.8 Å². The molecule has 0 aromatic carbocycles. The molecular weight excluding hydrogens is 332 g/mol. The van der Waals surface area contributed by atoms with Gasteiger partial charge in [0.15, 0.2) is 5.96 Å². The summed E-state index contributed by atoms with van der Waals surface area (Å²) < 4.78 is 24.6. The van der Waals surface area contributed by atoms with Gasteiger partial charge in [0.05, 0.1) is 6.26 Å². The van der Waals surface area contributed by atoms with Crippen LogP contribution in [0.1, 0.15) is 32.6 Å². The third kappa shape index (κ3) is 6.51. The van der Waals surface area contributed by atoms with Crippen molar-refractivity contribution in [1.82, 2.24) is 14.9 Å². The Kier molecular flexibility index (Phi) is 7.49. The smallest absolute Gasteiger partial charge is 0.211 e. The first-order valence-corrected chi connectivity index (χ1v) is 11.5. The van der Waals surface area contributed by atoms with Gasteiger partial charge >= 0.3 is 0 Å². The van der Waals surface area contributed by atoms with Gasteiger partial charge < -0.3 is 10.6 Å². The molecule has 0 aliphatic carbocycles. The van der Waals surface area contributed by atoms with E-state index < -0.39 is 10.0 Å². The van der Waals surface area contributed by atoms with E-state index in [9.17, 15) is 8.42 Å². The molecule has 0 aromatic rings. The van der Waals surface area contributed by atoms with E-state index in [0.29, 0.717) is 24.3 Å². The van der Waals surface area contributed by atoms with Gasteiger partial charge in [-0.05, 0) is 44.3 Å². The molecule has 2 aliphatic rings. The normalized spacial score (nSPS) is 24.8. The fourth-order valence-corrected chi connectivity index (χ4v) is 5.08. The van der Waals surface area contributed by atoms with Crippen molar-refractivity contribution in [2.75, 3.05) is 44.7 Å².